The van der Waals surface area contributed by atoms with E-state index in [0.717, 1.165) is 45.8 Å². The van der Waals surface area contributed by atoms with Crippen LogP contribution in [0.5, 0.6) is 0 Å². The topological polar surface area (TPSA) is 47.7 Å². The lowest BCUT2D eigenvalue weighted by Gasteiger charge is -2.48. The first-order chi connectivity index (χ1) is 8.80. The first-order valence-corrected chi connectivity index (χ1v) is 7.45. The summed E-state index contributed by atoms with van der Waals surface area (Å²) in [6, 6.07) is 0. The Labute approximate surface area is 111 Å². The van der Waals surface area contributed by atoms with E-state index in [9.17, 15) is 0 Å². The highest BCUT2D eigenvalue weighted by Crippen LogP contribution is 2.29. The number of likely N-dealkylation sites (tertiary alicyclic amines) is 1. The van der Waals surface area contributed by atoms with E-state index < -0.39 is 0 Å². The molecule has 106 valence electrons. The van der Waals surface area contributed by atoms with Crippen LogP contribution in [0.25, 0.3) is 0 Å². The van der Waals surface area contributed by atoms with Gasteiger partial charge in [-0.3, -0.25) is 4.90 Å². The Bertz CT molecular complexity index is 242. The van der Waals surface area contributed by atoms with Crippen LogP contribution in [0.15, 0.2) is 0 Å². The molecule has 4 nitrogen and oxygen atoms in total. The predicted octanol–water partition coefficient (Wildman–Crippen LogP) is 1.39. The number of piperidine rings is 1. The summed E-state index contributed by atoms with van der Waals surface area (Å²) in [4.78, 5) is 2.54. The fourth-order valence-electron chi connectivity index (χ4n) is 3.17. The highest BCUT2D eigenvalue weighted by atomic mass is 16.5. The zero-order chi connectivity index (χ0) is 12.8. The molecule has 18 heavy (non-hydrogen) atoms. The highest BCUT2D eigenvalue weighted by Gasteiger charge is 2.39. The monoisotopic (exact) mass is 256 g/mol. The Morgan fingerprint density at radius 3 is 3.00 bits per heavy atom. The molecule has 2 saturated heterocycles. The normalized spacial score (nSPS) is 34.7. The van der Waals surface area contributed by atoms with E-state index in [1.165, 1.54) is 19.3 Å². The van der Waals surface area contributed by atoms with Crippen molar-refractivity contribution in [3.8, 4) is 0 Å². The molecule has 2 heterocycles. The van der Waals surface area contributed by atoms with Crippen LogP contribution < -0.4 is 5.73 Å². The summed E-state index contributed by atoms with van der Waals surface area (Å²) in [7, 11) is 0. The van der Waals surface area contributed by atoms with Gasteiger partial charge in [-0.25, -0.2) is 0 Å². The minimum atomic E-state index is 0.0759. The SMILES string of the molecule is CCCOC1CCCN(C2(CN)CCCOC2)C1. The van der Waals surface area contributed by atoms with Crippen molar-refractivity contribution in [3.05, 3.63) is 0 Å². The third-order valence-electron chi connectivity index (χ3n) is 4.29. The third kappa shape index (κ3) is 3.23. The lowest BCUT2D eigenvalue weighted by Crippen LogP contribution is -2.62. The largest absolute Gasteiger partial charge is 0.379 e. The molecule has 2 atom stereocenters. The lowest BCUT2D eigenvalue weighted by atomic mass is 9.88. The van der Waals surface area contributed by atoms with E-state index in [0.29, 0.717) is 12.6 Å². The Hall–Kier alpha value is -0.160. The molecule has 2 unspecified atom stereocenters. The Morgan fingerprint density at radius 2 is 2.33 bits per heavy atom. The highest BCUT2D eigenvalue weighted by molar-refractivity contribution is 4.96. The van der Waals surface area contributed by atoms with Gasteiger partial charge in [0.2, 0.25) is 0 Å². The first-order valence-electron chi connectivity index (χ1n) is 7.45. The summed E-state index contributed by atoms with van der Waals surface area (Å²) in [6.07, 6.45) is 6.21. The molecule has 2 aliphatic heterocycles. The summed E-state index contributed by atoms with van der Waals surface area (Å²) >= 11 is 0. The van der Waals surface area contributed by atoms with Crippen molar-refractivity contribution in [3.63, 3.8) is 0 Å². The van der Waals surface area contributed by atoms with Gasteiger partial charge in [-0.15, -0.1) is 0 Å². The van der Waals surface area contributed by atoms with Gasteiger partial charge in [-0.05, 0) is 38.6 Å². The number of rotatable bonds is 5. The smallest absolute Gasteiger partial charge is 0.0702 e. The number of hydrogen-bond acceptors (Lipinski definition) is 4. The van der Waals surface area contributed by atoms with Crippen LogP contribution in [0, 0.1) is 0 Å². The predicted molar refractivity (Wildman–Crippen MR) is 72.7 cm³/mol. The van der Waals surface area contributed by atoms with Crippen LogP contribution in [-0.4, -0.2) is 56.0 Å². The quantitative estimate of drug-likeness (QED) is 0.807. The summed E-state index contributed by atoms with van der Waals surface area (Å²) < 4.78 is 11.6. The minimum absolute atomic E-state index is 0.0759. The van der Waals surface area contributed by atoms with Crippen molar-refractivity contribution < 1.29 is 9.47 Å². The maximum atomic E-state index is 6.05. The van der Waals surface area contributed by atoms with E-state index in [-0.39, 0.29) is 5.54 Å². The van der Waals surface area contributed by atoms with E-state index >= 15 is 0 Å². The van der Waals surface area contributed by atoms with Crippen LogP contribution >= 0.6 is 0 Å². The van der Waals surface area contributed by atoms with Crippen LogP contribution in [0.4, 0.5) is 0 Å². The van der Waals surface area contributed by atoms with Gasteiger partial charge in [0.25, 0.3) is 0 Å². The van der Waals surface area contributed by atoms with Crippen molar-refractivity contribution in [2.75, 3.05) is 39.5 Å². The molecular formula is C14H28N2O2. The summed E-state index contributed by atoms with van der Waals surface area (Å²) in [6.45, 7) is 7.61. The van der Waals surface area contributed by atoms with Gasteiger partial charge in [-0.1, -0.05) is 6.92 Å². The fraction of sp³-hybridized carbons (Fsp3) is 1.00. The average molecular weight is 256 g/mol. The van der Waals surface area contributed by atoms with E-state index in [1.54, 1.807) is 0 Å². The fourth-order valence-corrected chi connectivity index (χ4v) is 3.17. The Kier molecular flexibility index (Phi) is 5.42. The molecule has 0 saturated carbocycles. The van der Waals surface area contributed by atoms with Crippen LogP contribution in [0.2, 0.25) is 0 Å². The second-order valence-electron chi connectivity index (χ2n) is 5.67. The number of nitrogens with zero attached hydrogens (tertiary/aromatic N) is 1. The van der Waals surface area contributed by atoms with Gasteiger partial charge in [0, 0.05) is 26.3 Å². The standard InChI is InChI=1S/C14H28N2O2/c1-2-8-18-13-5-3-7-16(10-13)14(11-15)6-4-9-17-12-14/h13H,2-12,15H2,1H3. The van der Waals surface area contributed by atoms with Crippen LogP contribution in [0.1, 0.15) is 39.0 Å². The molecule has 0 aromatic carbocycles. The zero-order valence-electron chi connectivity index (χ0n) is 11.7. The molecule has 0 bridgehead atoms. The number of ether oxygens (including phenoxy) is 2. The van der Waals surface area contributed by atoms with Crippen molar-refractivity contribution in [1.29, 1.82) is 0 Å². The summed E-state index contributed by atoms with van der Waals surface area (Å²) in [5.41, 5.74) is 6.13. The van der Waals surface area contributed by atoms with Crippen LogP contribution in [0.3, 0.4) is 0 Å². The third-order valence-corrected chi connectivity index (χ3v) is 4.29. The molecule has 0 radical (unpaired) electrons. The summed E-state index contributed by atoms with van der Waals surface area (Å²) in [5.74, 6) is 0. The van der Waals surface area contributed by atoms with E-state index in [2.05, 4.69) is 11.8 Å². The Balaban J connectivity index is 1.93. The van der Waals surface area contributed by atoms with Gasteiger partial charge >= 0.3 is 0 Å². The molecule has 2 fully saturated rings. The molecule has 0 aromatic rings. The van der Waals surface area contributed by atoms with Crippen LogP contribution in [-0.2, 0) is 9.47 Å². The Morgan fingerprint density at radius 1 is 1.44 bits per heavy atom. The maximum Gasteiger partial charge on any atom is 0.0702 e. The van der Waals surface area contributed by atoms with Crippen molar-refractivity contribution in [2.45, 2.75) is 50.7 Å². The van der Waals surface area contributed by atoms with Gasteiger partial charge in [-0.2, -0.15) is 0 Å². The second-order valence-corrected chi connectivity index (χ2v) is 5.67. The van der Waals surface area contributed by atoms with Gasteiger partial charge in [0.05, 0.1) is 18.2 Å². The first kappa shape index (κ1) is 14.3. The van der Waals surface area contributed by atoms with Gasteiger partial charge in [0.1, 0.15) is 0 Å². The maximum absolute atomic E-state index is 6.05. The van der Waals surface area contributed by atoms with E-state index in [4.69, 9.17) is 15.2 Å². The summed E-state index contributed by atoms with van der Waals surface area (Å²) in [5, 5.41) is 0. The lowest BCUT2D eigenvalue weighted by molar-refractivity contribution is -0.0853. The number of hydrogen-bond donors (Lipinski definition) is 1. The second kappa shape index (κ2) is 6.85. The molecule has 0 aliphatic carbocycles. The molecular weight excluding hydrogens is 228 g/mol. The molecule has 4 heteroatoms. The van der Waals surface area contributed by atoms with Crippen molar-refractivity contribution in [1.82, 2.24) is 4.90 Å². The molecule has 2 N–H and O–H groups in total. The molecule has 2 aliphatic rings. The molecule has 0 spiro atoms. The van der Waals surface area contributed by atoms with Crippen molar-refractivity contribution >= 4 is 0 Å². The number of nitrogens with two attached hydrogens (primary N) is 1. The van der Waals surface area contributed by atoms with Gasteiger partial charge < -0.3 is 15.2 Å². The average Bonchev–Trinajstić information content (AvgIpc) is 2.46. The minimum Gasteiger partial charge on any atom is -0.379 e. The molecule has 0 aromatic heterocycles. The van der Waals surface area contributed by atoms with Crippen molar-refractivity contribution in [2.24, 2.45) is 5.73 Å². The molecule has 2 rings (SSSR count). The van der Waals surface area contributed by atoms with E-state index in [1.807, 2.05) is 0 Å². The molecule has 0 amide bonds. The zero-order valence-corrected chi connectivity index (χ0v) is 11.7. The van der Waals surface area contributed by atoms with Gasteiger partial charge in [0.15, 0.2) is 0 Å².